The molecule has 5 rings (SSSR count). The van der Waals surface area contributed by atoms with Gasteiger partial charge >= 0.3 is 0 Å². The summed E-state index contributed by atoms with van der Waals surface area (Å²) in [6.45, 7) is 7.33. The van der Waals surface area contributed by atoms with E-state index in [1.807, 2.05) is 47.7 Å². The highest BCUT2D eigenvalue weighted by molar-refractivity contribution is 6.31. The van der Waals surface area contributed by atoms with Crippen molar-refractivity contribution in [3.05, 3.63) is 70.4 Å². The summed E-state index contributed by atoms with van der Waals surface area (Å²) in [4.78, 5) is 30.1. The van der Waals surface area contributed by atoms with Gasteiger partial charge in [-0.25, -0.2) is 0 Å². The molecule has 0 unspecified atom stereocenters. The third-order valence-corrected chi connectivity index (χ3v) is 7.60. The van der Waals surface area contributed by atoms with E-state index in [9.17, 15) is 9.59 Å². The van der Waals surface area contributed by atoms with E-state index in [4.69, 9.17) is 16.3 Å². The molecule has 6 nitrogen and oxygen atoms in total. The van der Waals surface area contributed by atoms with Crippen LogP contribution >= 0.6 is 11.6 Å². The molecule has 34 heavy (non-hydrogen) atoms. The van der Waals surface area contributed by atoms with Gasteiger partial charge in [0.2, 0.25) is 5.91 Å². The number of hydrogen-bond donors (Lipinski definition) is 0. The number of likely N-dealkylation sites (N-methyl/N-ethyl adjacent to an activating group) is 1. The van der Waals surface area contributed by atoms with Crippen molar-refractivity contribution in [3.8, 4) is 0 Å². The zero-order valence-electron chi connectivity index (χ0n) is 19.7. The van der Waals surface area contributed by atoms with Gasteiger partial charge in [0, 0.05) is 42.8 Å². The monoisotopic (exact) mass is 479 g/mol. The lowest BCUT2D eigenvalue weighted by atomic mass is 9.83. The average molecular weight is 480 g/mol. The minimum Gasteiger partial charge on any atom is -0.365 e. The summed E-state index contributed by atoms with van der Waals surface area (Å²) in [5.41, 5.74) is 3.65. The predicted octanol–water partition coefficient (Wildman–Crippen LogP) is 4.82. The highest BCUT2D eigenvalue weighted by atomic mass is 35.5. The molecular weight excluding hydrogens is 450 g/mol. The van der Waals surface area contributed by atoms with Crippen LogP contribution in [0, 0.1) is 0 Å². The lowest BCUT2D eigenvalue weighted by Crippen LogP contribution is -2.45. The number of hydrogen-bond acceptors (Lipinski definition) is 3. The van der Waals surface area contributed by atoms with E-state index in [1.54, 1.807) is 11.0 Å². The van der Waals surface area contributed by atoms with Crippen LogP contribution in [0.3, 0.4) is 0 Å². The van der Waals surface area contributed by atoms with E-state index in [-0.39, 0.29) is 24.0 Å². The molecular formula is C27H30ClN3O3. The molecule has 1 spiro atoms. The van der Waals surface area contributed by atoms with Crippen LogP contribution in [0.2, 0.25) is 5.02 Å². The van der Waals surface area contributed by atoms with E-state index in [0.717, 1.165) is 23.7 Å². The van der Waals surface area contributed by atoms with Crippen LogP contribution in [0.15, 0.2) is 48.7 Å². The number of fused-ring (bicyclic) bond motifs is 3. The van der Waals surface area contributed by atoms with Crippen molar-refractivity contribution in [3.63, 3.8) is 0 Å². The van der Waals surface area contributed by atoms with Crippen LogP contribution < -0.4 is 0 Å². The van der Waals surface area contributed by atoms with Gasteiger partial charge in [-0.1, -0.05) is 41.9 Å². The lowest BCUT2D eigenvalue weighted by molar-refractivity contribution is -0.131. The molecule has 3 aromatic rings. The first-order valence-electron chi connectivity index (χ1n) is 12.0. The lowest BCUT2D eigenvalue weighted by Gasteiger charge is -2.39. The van der Waals surface area contributed by atoms with Crippen LogP contribution in [0.25, 0.3) is 10.9 Å². The van der Waals surface area contributed by atoms with E-state index in [1.165, 1.54) is 11.1 Å². The van der Waals surface area contributed by atoms with E-state index in [2.05, 4.69) is 18.2 Å². The fourth-order valence-electron chi connectivity index (χ4n) is 5.43. The van der Waals surface area contributed by atoms with Crippen molar-refractivity contribution < 1.29 is 14.3 Å². The highest BCUT2D eigenvalue weighted by Crippen LogP contribution is 2.44. The van der Waals surface area contributed by atoms with Gasteiger partial charge in [0.1, 0.15) is 6.54 Å². The van der Waals surface area contributed by atoms with Crippen molar-refractivity contribution >= 4 is 34.3 Å². The molecule has 1 aromatic heterocycles. The summed E-state index contributed by atoms with van der Waals surface area (Å²) >= 11 is 6.27. The van der Waals surface area contributed by atoms with Crippen LogP contribution in [0.4, 0.5) is 0 Å². The molecule has 178 valence electrons. The average Bonchev–Trinajstić information content (AvgIpc) is 3.38. The Labute approximate surface area is 205 Å². The van der Waals surface area contributed by atoms with Gasteiger partial charge in [0.05, 0.1) is 23.3 Å². The van der Waals surface area contributed by atoms with Gasteiger partial charge in [0.25, 0.3) is 5.91 Å². The first kappa shape index (κ1) is 22.9. The fraction of sp³-hybridized carbons (Fsp3) is 0.407. The van der Waals surface area contributed by atoms with Gasteiger partial charge in [-0.15, -0.1) is 0 Å². The Balaban J connectivity index is 1.39. The molecule has 3 heterocycles. The predicted molar refractivity (Wildman–Crippen MR) is 133 cm³/mol. The second-order valence-corrected chi connectivity index (χ2v) is 9.57. The normalized spacial score (nSPS) is 16.7. The summed E-state index contributed by atoms with van der Waals surface area (Å²) in [6.07, 6.45) is 3.37. The Morgan fingerprint density at radius 2 is 1.82 bits per heavy atom. The number of rotatable bonds is 5. The molecule has 2 aromatic carbocycles. The number of carbonyl (C=O) groups excluding carboxylic acids is 2. The Bertz CT molecular complexity index is 1240. The number of halogens is 1. The van der Waals surface area contributed by atoms with E-state index >= 15 is 0 Å². The molecule has 2 aliphatic rings. The quantitative estimate of drug-likeness (QED) is 0.527. The standard InChI is InChI=1S/C27H30ClN3O3/c1-3-29(4-2)25(32)17-31-16-22(21-10-9-20(28)15-24(21)31)26(33)30-13-11-27(12-14-30)23-8-6-5-7-19(23)18-34-27/h5-10,15-16H,3-4,11-14,17-18H2,1-2H3. The number of nitrogens with zero attached hydrogens (tertiary/aromatic N) is 3. The molecule has 2 amide bonds. The van der Waals surface area contributed by atoms with Crippen LogP contribution in [-0.4, -0.2) is 52.4 Å². The first-order chi connectivity index (χ1) is 16.5. The van der Waals surface area contributed by atoms with Gasteiger partial charge in [-0.3, -0.25) is 9.59 Å². The third kappa shape index (κ3) is 3.89. The van der Waals surface area contributed by atoms with Crippen molar-refractivity contribution in [2.24, 2.45) is 0 Å². The number of ether oxygens (including phenoxy) is 1. The van der Waals surface area contributed by atoms with Gasteiger partial charge in [-0.2, -0.15) is 0 Å². The summed E-state index contributed by atoms with van der Waals surface area (Å²) in [5, 5.41) is 1.41. The third-order valence-electron chi connectivity index (χ3n) is 7.37. The zero-order valence-corrected chi connectivity index (χ0v) is 20.5. The fourth-order valence-corrected chi connectivity index (χ4v) is 5.59. The molecule has 1 fully saturated rings. The topological polar surface area (TPSA) is 54.8 Å². The molecule has 7 heteroatoms. The molecule has 2 aliphatic heterocycles. The summed E-state index contributed by atoms with van der Waals surface area (Å²) in [5.74, 6) is 0.0142. The van der Waals surface area contributed by atoms with Crippen LogP contribution in [0.1, 0.15) is 48.2 Å². The van der Waals surface area contributed by atoms with Gasteiger partial charge < -0.3 is 19.1 Å². The molecule has 0 bridgehead atoms. The maximum atomic E-state index is 13.6. The molecule has 0 radical (unpaired) electrons. The SMILES string of the molecule is CCN(CC)C(=O)Cn1cc(C(=O)N2CCC3(CC2)OCc2ccccc23)c2ccc(Cl)cc21. The second-order valence-electron chi connectivity index (χ2n) is 9.13. The minimum absolute atomic E-state index is 0.0116. The largest absolute Gasteiger partial charge is 0.365 e. The van der Waals surface area contributed by atoms with E-state index < -0.39 is 0 Å². The number of piperidine rings is 1. The number of amides is 2. The molecule has 0 saturated carbocycles. The Kier molecular flexibility index (Phi) is 6.13. The summed E-state index contributed by atoms with van der Waals surface area (Å²) in [6, 6.07) is 13.9. The number of carbonyl (C=O) groups is 2. The zero-order chi connectivity index (χ0) is 23.9. The smallest absolute Gasteiger partial charge is 0.256 e. The number of likely N-dealkylation sites (tertiary alicyclic amines) is 1. The summed E-state index contributed by atoms with van der Waals surface area (Å²) in [7, 11) is 0. The molecule has 0 N–H and O–H groups in total. The second kappa shape index (κ2) is 9.08. The van der Waals surface area contributed by atoms with Crippen molar-refractivity contribution in [2.45, 2.75) is 45.4 Å². The van der Waals surface area contributed by atoms with Crippen molar-refractivity contribution in [1.29, 1.82) is 0 Å². The van der Waals surface area contributed by atoms with Gasteiger partial charge in [0.15, 0.2) is 0 Å². The molecule has 0 aliphatic carbocycles. The van der Waals surface area contributed by atoms with Crippen molar-refractivity contribution in [1.82, 2.24) is 14.4 Å². The Hall–Kier alpha value is -2.83. The highest BCUT2D eigenvalue weighted by Gasteiger charge is 2.43. The Morgan fingerprint density at radius 1 is 1.09 bits per heavy atom. The maximum absolute atomic E-state index is 13.6. The van der Waals surface area contributed by atoms with Crippen LogP contribution in [-0.2, 0) is 28.3 Å². The number of benzene rings is 2. The number of aromatic nitrogens is 1. The van der Waals surface area contributed by atoms with Crippen LogP contribution in [0.5, 0.6) is 0 Å². The summed E-state index contributed by atoms with van der Waals surface area (Å²) < 4.78 is 8.12. The van der Waals surface area contributed by atoms with E-state index in [0.29, 0.717) is 43.4 Å². The van der Waals surface area contributed by atoms with Crippen molar-refractivity contribution in [2.75, 3.05) is 26.2 Å². The minimum atomic E-state index is -0.287. The molecule has 1 saturated heterocycles. The molecule has 0 atom stereocenters. The van der Waals surface area contributed by atoms with Gasteiger partial charge in [-0.05, 0) is 49.9 Å². The maximum Gasteiger partial charge on any atom is 0.256 e. The first-order valence-corrected chi connectivity index (χ1v) is 12.4. The Morgan fingerprint density at radius 3 is 2.56 bits per heavy atom.